The minimum atomic E-state index is 1.22. The lowest BCUT2D eigenvalue weighted by Gasteiger charge is -2.09. The van der Waals surface area contributed by atoms with E-state index in [9.17, 15) is 0 Å². The maximum Gasteiger partial charge on any atom is 0.210 e. The van der Waals surface area contributed by atoms with Crippen LogP contribution in [0.25, 0.3) is 5.69 Å². The zero-order chi connectivity index (χ0) is 17.0. The molecule has 0 N–H and O–H groups in total. The number of unbranched alkanes of at least 4 members (excludes halogenated alkanes) is 6. The molecule has 2 rings (SSSR count). The Hall–Kier alpha value is -1.63. The van der Waals surface area contributed by atoms with Crippen molar-refractivity contribution < 1.29 is 4.57 Å². The van der Waals surface area contributed by atoms with Gasteiger partial charge in [0.2, 0.25) is 5.69 Å². The molecule has 24 heavy (non-hydrogen) atoms. The SMILES string of the molecule is CCCCCCc1cc[n+](-c2ccccc2)cc1CCCCCC. The van der Waals surface area contributed by atoms with E-state index < -0.39 is 0 Å². The van der Waals surface area contributed by atoms with Gasteiger partial charge in [0.15, 0.2) is 12.4 Å². The predicted octanol–water partition coefficient (Wildman–Crippen LogP) is 6.21. The van der Waals surface area contributed by atoms with E-state index in [-0.39, 0.29) is 0 Å². The summed E-state index contributed by atoms with van der Waals surface area (Å²) in [7, 11) is 0. The van der Waals surface area contributed by atoms with Crippen molar-refractivity contribution in [3.63, 3.8) is 0 Å². The molecule has 1 heterocycles. The van der Waals surface area contributed by atoms with E-state index in [0.717, 1.165) is 0 Å². The van der Waals surface area contributed by atoms with Gasteiger partial charge in [-0.3, -0.25) is 0 Å². The molecule has 0 aliphatic carbocycles. The van der Waals surface area contributed by atoms with Crippen LogP contribution in [0.15, 0.2) is 48.8 Å². The van der Waals surface area contributed by atoms with E-state index >= 15 is 0 Å². The molecular weight excluding hydrogens is 290 g/mol. The lowest BCUT2D eigenvalue weighted by molar-refractivity contribution is -0.596. The van der Waals surface area contributed by atoms with Crippen LogP contribution in [0.5, 0.6) is 0 Å². The summed E-state index contributed by atoms with van der Waals surface area (Å²) in [4.78, 5) is 0. The molecule has 0 spiro atoms. The van der Waals surface area contributed by atoms with Gasteiger partial charge < -0.3 is 0 Å². The van der Waals surface area contributed by atoms with Crippen molar-refractivity contribution in [3.8, 4) is 5.69 Å². The van der Waals surface area contributed by atoms with Crippen molar-refractivity contribution in [2.45, 2.75) is 78.1 Å². The van der Waals surface area contributed by atoms with Gasteiger partial charge in [0, 0.05) is 23.8 Å². The zero-order valence-electron chi connectivity index (χ0n) is 15.6. The third-order valence-corrected chi connectivity index (χ3v) is 4.80. The highest BCUT2D eigenvalue weighted by Gasteiger charge is 2.11. The molecule has 0 amide bonds. The quantitative estimate of drug-likeness (QED) is 0.342. The Morgan fingerprint density at radius 2 is 1.29 bits per heavy atom. The Labute approximate surface area is 148 Å². The van der Waals surface area contributed by atoms with Crippen LogP contribution in [-0.2, 0) is 12.8 Å². The van der Waals surface area contributed by atoms with Crippen molar-refractivity contribution in [1.29, 1.82) is 0 Å². The number of benzene rings is 1. The van der Waals surface area contributed by atoms with E-state index in [4.69, 9.17) is 0 Å². The maximum absolute atomic E-state index is 2.37. The normalized spacial score (nSPS) is 10.9. The van der Waals surface area contributed by atoms with Crippen LogP contribution in [0.3, 0.4) is 0 Å². The maximum atomic E-state index is 2.37. The third kappa shape index (κ3) is 6.11. The Balaban J connectivity index is 2.09. The van der Waals surface area contributed by atoms with E-state index in [1.165, 1.54) is 69.9 Å². The van der Waals surface area contributed by atoms with Crippen molar-refractivity contribution in [2.75, 3.05) is 0 Å². The van der Waals surface area contributed by atoms with Gasteiger partial charge in [-0.1, -0.05) is 70.6 Å². The van der Waals surface area contributed by atoms with Crippen LogP contribution in [0.1, 0.15) is 76.3 Å². The summed E-state index contributed by atoms with van der Waals surface area (Å²) in [5, 5.41) is 0. The first-order valence-electron chi connectivity index (χ1n) is 9.93. The van der Waals surface area contributed by atoms with Crippen molar-refractivity contribution in [2.24, 2.45) is 0 Å². The van der Waals surface area contributed by atoms with Gasteiger partial charge in [-0.15, -0.1) is 0 Å². The lowest BCUT2D eigenvalue weighted by Crippen LogP contribution is -2.30. The minimum absolute atomic E-state index is 1.22. The van der Waals surface area contributed by atoms with Crippen LogP contribution < -0.4 is 4.57 Å². The number of pyridine rings is 1. The summed E-state index contributed by atoms with van der Waals surface area (Å²) in [6, 6.07) is 13.0. The average molecular weight is 325 g/mol. The fourth-order valence-corrected chi connectivity index (χ4v) is 3.29. The summed E-state index contributed by atoms with van der Waals surface area (Å²) in [5.74, 6) is 0. The van der Waals surface area contributed by atoms with Gasteiger partial charge >= 0.3 is 0 Å². The van der Waals surface area contributed by atoms with Crippen LogP contribution in [-0.4, -0.2) is 0 Å². The fourth-order valence-electron chi connectivity index (χ4n) is 3.29. The molecule has 1 heteroatoms. The van der Waals surface area contributed by atoms with Crippen molar-refractivity contribution >= 4 is 0 Å². The summed E-state index contributed by atoms with van der Waals surface area (Å²) >= 11 is 0. The van der Waals surface area contributed by atoms with Gasteiger partial charge in [-0.25, -0.2) is 0 Å². The average Bonchev–Trinajstić information content (AvgIpc) is 2.64. The molecule has 2 aromatic rings. The Bertz CT molecular complexity index is 574. The second-order valence-corrected chi connectivity index (χ2v) is 6.86. The number of hydrogen-bond donors (Lipinski definition) is 0. The number of aromatic nitrogens is 1. The summed E-state index contributed by atoms with van der Waals surface area (Å²) in [6.07, 6.45) is 17.8. The predicted molar refractivity (Wildman–Crippen MR) is 104 cm³/mol. The molecule has 0 aliphatic rings. The van der Waals surface area contributed by atoms with Crippen LogP contribution in [0, 0.1) is 0 Å². The number of rotatable bonds is 11. The standard InChI is InChI=1S/C23H34N/c1-3-5-7-10-14-21-18-19-24(23-16-12-9-13-17-23)20-22(21)15-11-8-6-4-2/h9,12-13,16-20H,3-8,10-11,14-15H2,1-2H3/q+1. The molecule has 130 valence electrons. The molecule has 0 radical (unpaired) electrons. The molecule has 0 unspecified atom stereocenters. The monoisotopic (exact) mass is 324 g/mol. The summed E-state index contributed by atoms with van der Waals surface area (Å²) in [5.41, 5.74) is 4.37. The fraction of sp³-hybridized carbons (Fsp3) is 0.522. The molecule has 0 saturated heterocycles. The lowest BCUT2D eigenvalue weighted by atomic mass is 9.98. The number of para-hydroxylation sites is 1. The zero-order valence-corrected chi connectivity index (χ0v) is 15.6. The van der Waals surface area contributed by atoms with E-state index in [1.54, 1.807) is 11.1 Å². The largest absolute Gasteiger partial charge is 0.210 e. The first-order chi connectivity index (χ1) is 11.8. The van der Waals surface area contributed by atoms with E-state index in [0.29, 0.717) is 0 Å². The van der Waals surface area contributed by atoms with Gasteiger partial charge in [-0.2, -0.15) is 4.57 Å². The molecular formula is C23H34N+. The van der Waals surface area contributed by atoms with Crippen LogP contribution >= 0.6 is 0 Å². The van der Waals surface area contributed by atoms with Gasteiger partial charge in [-0.05, 0) is 31.2 Å². The third-order valence-electron chi connectivity index (χ3n) is 4.80. The molecule has 0 saturated carbocycles. The number of hydrogen-bond acceptors (Lipinski definition) is 0. The highest BCUT2D eigenvalue weighted by atomic mass is 14.9. The number of aryl methyl sites for hydroxylation is 2. The second kappa shape index (κ2) is 11.0. The molecule has 1 nitrogen and oxygen atoms in total. The van der Waals surface area contributed by atoms with Gasteiger partial charge in [0.25, 0.3) is 0 Å². The summed E-state index contributed by atoms with van der Waals surface area (Å²) in [6.45, 7) is 4.56. The Morgan fingerprint density at radius 1 is 0.667 bits per heavy atom. The van der Waals surface area contributed by atoms with Crippen LogP contribution in [0.2, 0.25) is 0 Å². The topological polar surface area (TPSA) is 3.88 Å². The van der Waals surface area contributed by atoms with Crippen LogP contribution in [0.4, 0.5) is 0 Å². The number of nitrogens with zero attached hydrogens (tertiary/aromatic N) is 1. The van der Waals surface area contributed by atoms with Crippen molar-refractivity contribution in [3.05, 3.63) is 59.9 Å². The van der Waals surface area contributed by atoms with Crippen molar-refractivity contribution in [1.82, 2.24) is 0 Å². The molecule has 0 atom stereocenters. The Morgan fingerprint density at radius 3 is 1.92 bits per heavy atom. The first kappa shape index (κ1) is 18.7. The highest BCUT2D eigenvalue weighted by molar-refractivity contribution is 5.25. The molecule has 1 aromatic heterocycles. The smallest absolute Gasteiger partial charge is 0.167 e. The molecule has 0 fully saturated rings. The summed E-state index contributed by atoms with van der Waals surface area (Å²) < 4.78 is 2.28. The van der Waals surface area contributed by atoms with E-state index in [2.05, 4.69) is 67.2 Å². The van der Waals surface area contributed by atoms with Gasteiger partial charge in [0.1, 0.15) is 0 Å². The van der Waals surface area contributed by atoms with Gasteiger partial charge in [0.05, 0.1) is 0 Å². The van der Waals surface area contributed by atoms with E-state index in [1.807, 2.05) is 0 Å². The molecule has 1 aromatic carbocycles. The molecule has 0 bridgehead atoms. The Kier molecular flexibility index (Phi) is 8.59. The second-order valence-electron chi connectivity index (χ2n) is 6.86. The molecule has 0 aliphatic heterocycles. The first-order valence-corrected chi connectivity index (χ1v) is 9.93. The highest BCUT2D eigenvalue weighted by Crippen LogP contribution is 2.16. The minimum Gasteiger partial charge on any atom is -0.167 e.